The van der Waals surface area contributed by atoms with E-state index in [2.05, 4.69) is 0 Å². The Hall–Kier alpha value is -1.59. The van der Waals surface area contributed by atoms with Gasteiger partial charge in [-0.3, -0.25) is 4.79 Å². The van der Waals surface area contributed by atoms with E-state index in [-0.39, 0.29) is 0 Å². The summed E-state index contributed by atoms with van der Waals surface area (Å²) in [5, 5.41) is 18.2. The number of aliphatic carboxylic acids is 1. The number of carboxylic acid groups (broad SMARTS) is 1. The molecular weight excluding hydrogens is 198 g/mol. The second-order valence-electron chi connectivity index (χ2n) is 3.08. The lowest BCUT2D eigenvalue weighted by atomic mass is 10.0. The van der Waals surface area contributed by atoms with E-state index in [9.17, 15) is 9.90 Å². The number of benzene rings is 1. The zero-order valence-corrected chi connectivity index (χ0v) is 8.25. The zero-order chi connectivity index (χ0) is 11.4. The molecule has 0 aliphatic carbocycles. The molecule has 1 aromatic carbocycles. The summed E-state index contributed by atoms with van der Waals surface area (Å²) in [5.41, 5.74) is 5.73. The number of ether oxygens (including phenoxy) is 1. The minimum absolute atomic E-state index is 0.450. The average molecular weight is 211 g/mol. The summed E-state index contributed by atoms with van der Waals surface area (Å²) >= 11 is 0. The van der Waals surface area contributed by atoms with Crippen molar-refractivity contribution in [3.8, 4) is 5.75 Å². The molecule has 15 heavy (non-hydrogen) atoms. The summed E-state index contributed by atoms with van der Waals surface area (Å²) in [4.78, 5) is 10.5. The molecule has 0 aromatic heterocycles. The summed E-state index contributed by atoms with van der Waals surface area (Å²) < 4.78 is 4.93. The molecule has 0 amide bonds. The Morgan fingerprint density at radius 3 is 2.33 bits per heavy atom. The van der Waals surface area contributed by atoms with Gasteiger partial charge in [0, 0.05) is 0 Å². The molecule has 5 heteroatoms. The minimum atomic E-state index is -1.32. The van der Waals surface area contributed by atoms with Gasteiger partial charge in [-0.1, -0.05) is 12.1 Å². The van der Waals surface area contributed by atoms with Crippen LogP contribution in [0.3, 0.4) is 0 Å². The first-order valence-corrected chi connectivity index (χ1v) is 4.36. The molecule has 0 bridgehead atoms. The highest BCUT2D eigenvalue weighted by Gasteiger charge is 2.23. The van der Waals surface area contributed by atoms with Crippen molar-refractivity contribution in [2.45, 2.75) is 12.1 Å². The van der Waals surface area contributed by atoms with Gasteiger partial charge in [-0.05, 0) is 17.7 Å². The zero-order valence-electron chi connectivity index (χ0n) is 8.25. The summed E-state index contributed by atoms with van der Waals surface area (Å²) in [6.45, 7) is 0. The molecule has 0 heterocycles. The van der Waals surface area contributed by atoms with Gasteiger partial charge in [-0.2, -0.15) is 0 Å². The highest BCUT2D eigenvalue weighted by Crippen LogP contribution is 2.19. The van der Waals surface area contributed by atoms with Crippen molar-refractivity contribution >= 4 is 5.97 Å². The lowest BCUT2D eigenvalue weighted by Gasteiger charge is -2.15. The Kier molecular flexibility index (Phi) is 3.65. The van der Waals surface area contributed by atoms with Gasteiger partial charge >= 0.3 is 5.97 Å². The van der Waals surface area contributed by atoms with Gasteiger partial charge in [0.05, 0.1) is 7.11 Å². The van der Waals surface area contributed by atoms with Gasteiger partial charge < -0.3 is 20.7 Å². The number of hydrogen-bond donors (Lipinski definition) is 3. The van der Waals surface area contributed by atoms with Crippen molar-refractivity contribution in [2.24, 2.45) is 5.73 Å². The molecule has 0 unspecified atom stereocenters. The second kappa shape index (κ2) is 4.77. The van der Waals surface area contributed by atoms with E-state index < -0.39 is 18.1 Å². The molecule has 0 fully saturated rings. The Labute approximate surface area is 87.1 Å². The highest BCUT2D eigenvalue weighted by molar-refractivity contribution is 5.74. The van der Waals surface area contributed by atoms with Crippen LogP contribution in [0.2, 0.25) is 0 Å². The molecule has 1 rings (SSSR count). The van der Waals surface area contributed by atoms with Gasteiger partial charge in [0.15, 0.2) is 0 Å². The fourth-order valence-corrected chi connectivity index (χ4v) is 1.14. The van der Waals surface area contributed by atoms with E-state index in [0.29, 0.717) is 11.3 Å². The van der Waals surface area contributed by atoms with Gasteiger partial charge in [-0.25, -0.2) is 0 Å². The van der Waals surface area contributed by atoms with Crippen molar-refractivity contribution < 1.29 is 19.7 Å². The molecule has 82 valence electrons. The SMILES string of the molecule is COc1ccc([C@H](O)[C@@H](N)C(=O)O)cc1. The predicted octanol–water partition coefficient (Wildman–Crippen LogP) is 0.140. The van der Waals surface area contributed by atoms with Crippen LogP contribution < -0.4 is 10.5 Å². The molecule has 0 radical (unpaired) electrons. The third-order valence-electron chi connectivity index (χ3n) is 2.08. The summed E-state index contributed by atoms with van der Waals surface area (Å²) in [6, 6.07) is 5.09. The van der Waals surface area contributed by atoms with Crippen LogP contribution in [0, 0.1) is 0 Å². The van der Waals surface area contributed by atoms with Crippen molar-refractivity contribution in [3.63, 3.8) is 0 Å². The first-order chi connectivity index (χ1) is 7.06. The predicted molar refractivity (Wildman–Crippen MR) is 53.6 cm³/mol. The van der Waals surface area contributed by atoms with Gasteiger partial charge in [0.25, 0.3) is 0 Å². The van der Waals surface area contributed by atoms with Crippen LogP contribution in [0.5, 0.6) is 5.75 Å². The maximum absolute atomic E-state index is 10.5. The van der Waals surface area contributed by atoms with Gasteiger partial charge in [0.2, 0.25) is 0 Å². The van der Waals surface area contributed by atoms with Crippen LogP contribution in [0.1, 0.15) is 11.7 Å². The average Bonchev–Trinajstić information content (AvgIpc) is 2.27. The third-order valence-corrected chi connectivity index (χ3v) is 2.08. The molecule has 5 nitrogen and oxygen atoms in total. The van der Waals surface area contributed by atoms with E-state index in [1.165, 1.54) is 7.11 Å². The lowest BCUT2D eigenvalue weighted by Crippen LogP contribution is -2.36. The number of aliphatic hydroxyl groups is 1. The number of methoxy groups -OCH3 is 1. The molecule has 2 atom stereocenters. The van der Waals surface area contributed by atoms with E-state index in [1.807, 2.05) is 0 Å². The maximum atomic E-state index is 10.5. The second-order valence-corrected chi connectivity index (χ2v) is 3.08. The normalized spacial score (nSPS) is 14.3. The summed E-state index contributed by atoms with van der Waals surface area (Å²) in [6.07, 6.45) is -1.21. The molecule has 0 aliphatic heterocycles. The Morgan fingerprint density at radius 1 is 1.40 bits per heavy atom. The van der Waals surface area contributed by atoms with E-state index in [1.54, 1.807) is 24.3 Å². The first-order valence-electron chi connectivity index (χ1n) is 4.36. The Balaban J connectivity index is 2.82. The van der Waals surface area contributed by atoms with E-state index in [4.69, 9.17) is 15.6 Å². The van der Waals surface area contributed by atoms with Crippen LogP contribution in [0.25, 0.3) is 0 Å². The largest absolute Gasteiger partial charge is 0.497 e. The highest BCUT2D eigenvalue weighted by atomic mass is 16.5. The molecule has 4 N–H and O–H groups in total. The van der Waals surface area contributed by atoms with E-state index >= 15 is 0 Å². The number of carbonyl (C=O) groups is 1. The van der Waals surface area contributed by atoms with Crippen molar-refractivity contribution in [3.05, 3.63) is 29.8 Å². The van der Waals surface area contributed by atoms with Crippen molar-refractivity contribution in [2.75, 3.05) is 7.11 Å². The summed E-state index contributed by atoms with van der Waals surface area (Å²) in [5.74, 6) is -0.604. The topological polar surface area (TPSA) is 92.8 Å². The van der Waals surface area contributed by atoms with Crippen LogP contribution >= 0.6 is 0 Å². The number of hydrogen-bond acceptors (Lipinski definition) is 4. The Morgan fingerprint density at radius 2 is 1.93 bits per heavy atom. The monoisotopic (exact) mass is 211 g/mol. The molecule has 0 saturated carbocycles. The quantitative estimate of drug-likeness (QED) is 0.658. The van der Waals surface area contributed by atoms with Crippen molar-refractivity contribution in [1.29, 1.82) is 0 Å². The standard InChI is InChI=1S/C10H13NO4/c1-15-7-4-2-6(3-5-7)9(12)8(11)10(13)14/h2-5,8-9,12H,11H2,1H3,(H,13,14)/t8-,9+/m1/s1. The molecule has 0 aliphatic rings. The number of aliphatic hydroxyl groups excluding tert-OH is 1. The fourth-order valence-electron chi connectivity index (χ4n) is 1.14. The number of nitrogens with two attached hydrogens (primary N) is 1. The smallest absolute Gasteiger partial charge is 0.323 e. The van der Waals surface area contributed by atoms with Gasteiger partial charge in [0.1, 0.15) is 17.9 Å². The minimum Gasteiger partial charge on any atom is -0.497 e. The molecule has 0 spiro atoms. The van der Waals surface area contributed by atoms with Crippen LogP contribution in [0.15, 0.2) is 24.3 Å². The molecule has 0 saturated heterocycles. The van der Waals surface area contributed by atoms with Crippen LogP contribution in [0.4, 0.5) is 0 Å². The lowest BCUT2D eigenvalue weighted by molar-refractivity contribution is -0.141. The Bertz CT molecular complexity index is 336. The number of rotatable bonds is 4. The molecular formula is C10H13NO4. The van der Waals surface area contributed by atoms with Crippen LogP contribution in [-0.4, -0.2) is 29.3 Å². The third kappa shape index (κ3) is 2.68. The van der Waals surface area contributed by atoms with Crippen LogP contribution in [-0.2, 0) is 4.79 Å². The fraction of sp³-hybridized carbons (Fsp3) is 0.300. The first kappa shape index (κ1) is 11.5. The molecule has 1 aromatic rings. The van der Waals surface area contributed by atoms with E-state index in [0.717, 1.165) is 0 Å². The summed E-state index contributed by atoms with van der Waals surface area (Å²) in [7, 11) is 1.52. The maximum Gasteiger partial charge on any atom is 0.323 e. The van der Waals surface area contributed by atoms with Crippen molar-refractivity contribution in [1.82, 2.24) is 0 Å². The number of carboxylic acids is 1. The van der Waals surface area contributed by atoms with Gasteiger partial charge in [-0.15, -0.1) is 0 Å².